The molecule has 2 heteroatoms. The predicted molar refractivity (Wildman–Crippen MR) is 62.2 cm³/mol. The predicted octanol–water partition coefficient (Wildman–Crippen LogP) is 3.15. The van der Waals surface area contributed by atoms with Crippen LogP contribution in [0.4, 0.5) is 5.69 Å². The quantitative estimate of drug-likeness (QED) is 0.689. The third kappa shape index (κ3) is 1.84. The van der Waals surface area contributed by atoms with E-state index in [1.165, 1.54) is 5.56 Å². The second-order valence-electron chi connectivity index (χ2n) is 2.90. The maximum atomic E-state index is 5.79. The van der Waals surface area contributed by atoms with Crippen molar-refractivity contribution in [2.45, 2.75) is 20.8 Å². The van der Waals surface area contributed by atoms with Crippen molar-refractivity contribution in [2.24, 2.45) is 0 Å². The number of nitrogen functional groups attached to an aromatic ring is 1. The normalized spacial score (nSPS) is 9.36. The highest BCUT2D eigenvalue weighted by molar-refractivity contribution is 5.94. The summed E-state index contributed by atoms with van der Waals surface area (Å²) in [6.07, 6.45) is 3.52. The number of anilines is 1. The van der Waals surface area contributed by atoms with Crippen LogP contribution in [0, 0.1) is 6.92 Å². The van der Waals surface area contributed by atoms with Gasteiger partial charge in [-0.25, -0.2) is 0 Å². The molecule has 0 saturated carbocycles. The summed E-state index contributed by atoms with van der Waals surface area (Å²) < 4.78 is 0. The van der Waals surface area contributed by atoms with E-state index in [0.29, 0.717) is 0 Å². The molecular formula is C12H16N2. The third-order valence-corrected chi connectivity index (χ3v) is 2.02. The summed E-state index contributed by atoms with van der Waals surface area (Å²) in [5.41, 5.74) is 7.75. The Bertz CT molecular complexity index is 385. The maximum Gasteiger partial charge on any atom is 0.0582 e. The van der Waals surface area contributed by atoms with E-state index in [4.69, 9.17) is 5.73 Å². The SMILES string of the molecule is CC.Cc1cccc2cncc(N)c12. The smallest absolute Gasteiger partial charge is 0.0582 e. The molecule has 2 N–H and O–H groups in total. The number of nitrogens with two attached hydrogens (primary N) is 1. The number of aromatic nitrogens is 1. The van der Waals surface area contributed by atoms with Crippen LogP contribution < -0.4 is 5.73 Å². The van der Waals surface area contributed by atoms with E-state index >= 15 is 0 Å². The Morgan fingerprint density at radius 2 is 1.86 bits per heavy atom. The molecule has 14 heavy (non-hydrogen) atoms. The summed E-state index contributed by atoms with van der Waals surface area (Å²) in [5.74, 6) is 0. The van der Waals surface area contributed by atoms with Crippen LogP contribution >= 0.6 is 0 Å². The summed E-state index contributed by atoms with van der Waals surface area (Å²) in [7, 11) is 0. The molecule has 0 aliphatic rings. The van der Waals surface area contributed by atoms with Gasteiger partial charge in [0.05, 0.1) is 11.9 Å². The molecule has 0 radical (unpaired) electrons. The number of rotatable bonds is 0. The highest BCUT2D eigenvalue weighted by Crippen LogP contribution is 2.22. The van der Waals surface area contributed by atoms with Gasteiger partial charge in [0, 0.05) is 17.0 Å². The molecule has 0 atom stereocenters. The molecule has 1 heterocycles. The fraction of sp³-hybridized carbons (Fsp3) is 0.250. The molecule has 0 fully saturated rings. The molecule has 0 amide bonds. The van der Waals surface area contributed by atoms with Crippen LogP contribution in [0.15, 0.2) is 30.6 Å². The summed E-state index contributed by atoms with van der Waals surface area (Å²) in [6, 6.07) is 6.09. The molecule has 0 saturated heterocycles. The van der Waals surface area contributed by atoms with Gasteiger partial charge in [0.2, 0.25) is 0 Å². The average molecular weight is 188 g/mol. The first-order valence-corrected chi connectivity index (χ1v) is 4.88. The van der Waals surface area contributed by atoms with Crippen molar-refractivity contribution in [3.63, 3.8) is 0 Å². The van der Waals surface area contributed by atoms with Crippen molar-refractivity contribution in [1.82, 2.24) is 4.98 Å². The van der Waals surface area contributed by atoms with Gasteiger partial charge in [-0.1, -0.05) is 32.0 Å². The highest BCUT2D eigenvalue weighted by Gasteiger charge is 1.99. The Kier molecular flexibility index (Phi) is 3.46. The van der Waals surface area contributed by atoms with Crippen LogP contribution in [0.25, 0.3) is 10.8 Å². The van der Waals surface area contributed by atoms with Crippen LogP contribution in [0.2, 0.25) is 0 Å². The van der Waals surface area contributed by atoms with Gasteiger partial charge in [0.15, 0.2) is 0 Å². The van der Waals surface area contributed by atoms with Crippen molar-refractivity contribution in [1.29, 1.82) is 0 Å². The van der Waals surface area contributed by atoms with E-state index in [-0.39, 0.29) is 0 Å². The van der Waals surface area contributed by atoms with E-state index in [9.17, 15) is 0 Å². The van der Waals surface area contributed by atoms with Crippen LogP contribution in [0.3, 0.4) is 0 Å². The molecule has 0 bridgehead atoms. The molecule has 0 unspecified atom stereocenters. The van der Waals surface area contributed by atoms with Gasteiger partial charge < -0.3 is 5.73 Å². The zero-order chi connectivity index (χ0) is 10.6. The molecule has 2 rings (SSSR count). The zero-order valence-corrected chi connectivity index (χ0v) is 8.91. The van der Waals surface area contributed by atoms with Crippen LogP contribution in [-0.2, 0) is 0 Å². The fourth-order valence-corrected chi connectivity index (χ4v) is 1.45. The molecule has 0 aliphatic carbocycles. The zero-order valence-electron chi connectivity index (χ0n) is 8.91. The first kappa shape index (κ1) is 10.5. The number of nitrogens with zero attached hydrogens (tertiary/aromatic N) is 1. The Labute approximate surface area is 84.8 Å². The molecule has 1 aromatic heterocycles. The van der Waals surface area contributed by atoms with E-state index in [1.807, 2.05) is 32.2 Å². The van der Waals surface area contributed by atoms with Gasteiger partial charge in [0.1, 0.15) is 0 Å². The van der Waals surface area contributed by atoms with Gasteiger partial charge in [-0.3, -0.25) is 4.98 Å². The van der Waals surface area contributed by atoms with Gasteiger partial charge in [-0.05, 0) is 12.5 Å². The van der Waals surface area contributed by atoms with Gasteiger partial charge in [0.25, 0.3) is 0 Å². The Morgan fingerprint density at radius 1 is 1.14 bits per heavy atom. The number of fused-ring (bicyclic) bond motifs is 1. The minimum Gasteiger partial charge on any atom is -0.397 e. The first-order chi connectivity index (χ1) is 6.79. The van der Waals surface area contributed by atoms with Crippen molar-refractivity contribution in [3.8, 4) is 0 Å². The molecule has 0 spiro atoms. The monoisotopic (exact) mass is 188 g/mol. The maximum absolute atomic E-state index is 5.79. The second-order valence-corrected chi connectivity index (χ2v) is 2.90. The first-order valence-electron chi connectivity index (χ1n) is 4.88. The number of hydrogen-bond donors (Lipinski definition) is 1. The largest absolute Gasteiger partial charge is 0.397 e. The lowest BCUT2D eigenvalue weighted by Crippen LogP contribution is -1.90. The van der Waals surface area contributed by atoms with Gasteiger partial charge >= 0.3 is 0 Å². The molecule has 2 nitrogen and oxygen atoms in total. The number of aryl methyl sites for hydroxylation is 1. The van der Waals surface area contributed by atoms with Gasteiger partial charge in [-0.2, -0.15) is 0 Å². The standard InChI is InChI=1S/C10H10N2.C2H6/c1-7-3-2-4-8-5-12-6-9(11)10(7)8;1-2/h2-6H,11H2,1H3;1-2H3. The fourth-order valence-electron chi connectivity index (χ4n) is 1.45. The molecule has 74 valence electrons. The van der Waals surface area contributed by atoms with E-state index in [0.717, 1.165) is 16.5 Å². The Hall–Kier alpha value is -1.57. The molecule has 1 aromatic carbocycles. The summed E-state index contributed by atoms with van der Waals surface area (Å²) in [5, 5.41) is 2.22. The lowest BCUT2D eigenvalue weighted by atomic mass is 10.1. The summed E-state index contributed by atoms with van der Waals surface area (Å²) in [6.45, 7) is 6.05. The Balaban J connectivity index is 0.000000461. The lowest BCUT2D eigenvalue weighted by molar-refractivity contribution is 1.36. The van der Waals surface area contributed by atoms with Crippen molar-refractivity contribution in [3.05, 3.63) is 36.2 Å². The Morgan fingerprint density at radius 3 is 2.50 bits per heavy atom. The van der Waals surface area contributed by atoms with Gasteiger partial charge in [-0.15, -0.1) is 0 Å². The highest BCUT2D eigenvalue weighted by atomic mass is 14.7. The molecule has 2 aromatic rings. The number of benzene rings is 1. The van der Waals surface area contributed by atoms with Crippen molar-refractivity contribution < 1.29 is 0 Å². The number of hydrogen-bond acceptors (Lipinski definition) is 2. The van der Waals surface area contributed by atoms with E-state index in [1.54, 1.807) is 6.20 Å². The molecular weight excluding hydrogens is 172 g/mol. The third-order valence-electron chi connectivity index (χ3n) is 2.02. The van der Waals surface area contributed by atoms with E-state index in [2.05, 4.69) is 18.0 Å². The van der Waals surface area contributed by atoms with E-state index < -0.39 is 0 Å². The minimum absolute atomic E-state index is 0.755. The minimum atomic E-state index is 0.755. The summed E-state index contributed by atoms with van der Waals surface area (Å²) >= 11 is 0. The van der Waals surface area contributed by atoms with Crippen molar-refractivity contribution in [2.75, 3.05) is 5.73 Å². The second kappa shape index (κ2) is 4.61. The van der Waals surface area contributed by atoms with Crippen molar-refractivity contribution >= 4 is 16.5 Å². The van der Waals surface area contributed by atoms with Crippen LogP contribution in [0.5, 0.6) is 0 Å². The van der Waals surface area contributed by atoms with Crippen LogP contribution in [-0.4, -0.2) is 4.98 Å². The number of pyridine rings is 1. The summed E-state index contributed by atoms with van der Waals surface area (Å²) in [4.78, 5) is 4.03. The topological polar surface area (TPSA) is 38.9 Å². The average Bonchev–Trinajstić information content (AvgIpc) is 2.21. The van der Waals surface area contributed by atoms with Crippen LogP contribution in [0.1, 0.15) is 19.4 Å². The lowest BCUT2D eigenvalue weighted by Gasteiger charge is -2.03. The molecule has 0 aliphatic heterocycles.